The van der Waals surface area contributed by atoms with Gasteiger partial charge >= 0.3 is 0 Å². The SMILES string of the molecule is Fc1cc(F)cc(C2C=Cc3ccccc32)c1. The Kier molecular flexibility index (Phi) is 2.29. The van der Waals surface area contributed by atoms with Gasteiger partial charge in [-0.25, -0.2) is 8.78 Å². The molecule has 1 atom stereocenters. The second kappa shape index (κ2) is 3.81. The second-order valence-electron chi connectivity index (χ2n) is 4.17. The lowest BCUT2D eigenvalue weighted by Crippen LogP contribution is -1.97. The van der Waals surface area contributed by atoms with Crippen LogP contribution in [0.1, 0.15) is 22.6 Å². The zero-order valence-corrected chi connectivity index (χ0v) is 9.03. The Labute approximate surface area is 98.2 Å². The Hall–Kier alpha value is -1.96. The van der Waals surface area contributed by atoms with Gasteiger partial charge in [0.1, 0.15) is 11.6 Å². The van der Waals surface area contributed by atoms with E-state index < -0.39 is 11.6 Å². The quantitative estimate of drug-likeness (QED) is 0.688. The number of rotatable bonds is 1. The van der Waals surface area contributed by atoms with E-state index in [4.69, 9.17) is 0 Å². The summed E-state index contributed by atoms with van der Waals surface area (Å²) >= 11 is 0. The first-order valence-corrected chi connectivity index (χ1v) is 5.47. The minimum atomic E-state index is -0.530. The topological polar surface area (TPSA) is 0 Å². The summed E-state index contributed by atoms with van der Waals surface area (Å²) in [5, 5.41) is 0. The third-order valence-electron chi connectivity index (χ3n) is 3.04. The zero-order chi connectivity index (χ0) is 11.8. The number of halogens is 2. The van der Waals surface area contributed by atoms with Crippen molar-refractivity contribution < 1.29 is 8.78 Å². The monoisotopic (exact) mass is 228 g/mol. The van der Waals surface area contributed by atoms with Gasteiger partial charge < -0.3 is 0 Å². The molecule has 0 nitrogen and oxygen atoms in total. The van der Waals surface area contributed by atoms with Crippen LogP contribution in [-0.4, -0.2) is 0 Å². The lowest BCUT2D eigenvalue weighted by atomic mass is 9.93. The van der Waals surface area contributed by atoms with Crippen molar-refractivity contribution in [2.45, 2.75) is 5.92 Å². The highest BCUT2D eigenvalue weighted by Crippen LogP contribution is 2.35. The maximum Gasteiger partial charge on any atom is 0.126 e. The fourth-order valence-corrected chi connectivity index (χ4v) is 2.29. The molecule has 2 aromatic rings. The van der Waals surface area contributed by atoms with Crippen molar-refractivity contribution >= 4 is 6.08 Å². The molecule has 2 heteroatoms. The Morgan fingerprint density at radius 2 is 1.59 bits per heavy atom. The van der Waals surface area contributed by atoms with Gasteiger partial charge in [0.25, 0.3) is 0 Å². The molecule has 0 saturated carbocycles. The van der Waals surface area contributed by atoms with Crippen LogP contribution in [0.3, 0.4) is 0 Å². The van der Waals surface area contributed by atoms with Crippen LogP contribution in [-0.2, 0) is 0 Å². The largest absolute Gasteiger partial charge is 0.207 e. The first kappa shape index (κ1) is 10.2. The Morgan fingerprint density at radius 3 is 2.35 bits per heavy atom. The minimum Gasteiger partial charge on any atom is -0.207 e. The summed E-state index contributed by atoms with van der Waals surface area (Å²) in [6.07, 6.45) is 3.96. The van der Waals surface area contributed by atoms with Crippen molar-refractivity contribution in [3.8, 4) is 0 Å². The van der Waals surface area contributed by atoms with Gasteiger partial charge in [0.2, 0.25) is 0 Å². The van der Waals surface area contributed by atoms with Crippen molar-refractivity contribution in [3.05, 3.63) is 76.9 Å². The minimum absolute atomic E-state index is 0.0450. The number of fused-ring (bicyclic) bond motifs is 1. The predicted octanol–water partition coefficient (Wildman–Crippen LogP) is 4.12. The lowest BCUT2D eigenvalue weighted by molar-refractivity contribution is 0.579. The molecule has 0 heterocycles. The molecule has 84 valence electrons. The zero-order valence-electron chi connectivity index (χ0n) is 9.03. The van der Waals surface area contributed by atoms with Crippen molar-refractivity contribution in [1.82, 2.24) is 0 Å². The van der Waals surface area contributed by atoms with Gasteiger partial charge in [0, 0.05) is 12.0 Å². The van der Waals surface area contributed by atoms with E-state index in [-0.39, 0.29) is 5.92 Å². The van der Waals surface area contributed by atoms with Gasteiger partial charge in [-0.2, -0.15) is 0 Å². The molecule has 3 rings (SSSR count). The Morgan fingerprint density at radius 1 is 0.882 bits per heavy atom. The van der Waals surface area contributed by atoms with Crippen LogP contribution in [0.15, 0.2) is 48.5 Å². The number of allylic oxidation sites excluding steroid dienone is 1. The van der Waals surface area contributed by atoms with E-state index >= 15 is 0 Å². The Balaban J connectivity index is 2.10. The van der Waals surface area contributed by atoms with Crippen molar-refractivity contribution in [2.75, 3.05) is 0 Å². The molecule has 0 aromatic heterocycles. The van der Waals surface area contributed by atoms with Gasteiger partial charge in [0.15, 0.2) is 0 Å². The number of benzene rings is 2. The smallest absolute Gasteiger partial charge is 0.126 e. The molecule has 2 aromatic carbocycles. The van der Waals surface area contributed by atoms with E-state index in [1.165, 1.54) is 12.1 Å². The maximum absolute atomic E-state index is 13.2. The summed E-state index contributed by atoms with van der Waals surface area (Å²) in [6, 6.07) is 11.6. The fourth-order valence-electron chi connectivity index (χ4n) is 2.29. The summed E-state index contributed by atoms with van der Waals surface area (Å²) in [6.45, 7) is 0. The van der Waals surface area contributed by atoms with Gasteiger partial charge in [0.05, 0.1) is 0 Å². The Bertz CT molecular complexity index is 579. The van der Waals surface area contributed by atoms with Crippen LogP contribution in [0.5, 0.6) is 0 Å². The molecule has 1 aliphatic carbocycles. The van der Waals surface area contributed by atoms with E-state index in [2.05, 4.69) is 0 Å². The average molecular weight is 228 g/mol. The first-order chi connectivity index (χ1) is 8.24. The first-order valence-electron chi connectivity index (χ1n) is 5.47. The van der Waals surface area contributed by atoms with Gasteiger partial charge in [-0.3, -0.25) is 0 Å². The molecule has 1 unspecified atom stereocenters. The molecule has 0 fully saturated rings. The van der Waals surface area contributed by atoms with Crippen LogP contribution in [0, 0.1) is 11.6 Å². The predicted molar refractivity (Wildman–Crippen MR) is 63.7 cm³/mol. The van der Waals surface area contributed by atoms with E-state index in [1.54, 1.807) is 0 Å². The van der Waals surface area contributed by atoms with Crippen LogP contribution in [0.4, 0.5) is 8.78 Å². The lowest BCUT2D eigenvalue weighted by Gasteiger charge is -2.11. The molecule has 0 spiro atoms. The number of hydrogen-bond acceptors (Lipinski definition) is 0. The van der Waals surface area contributed by atoms with E-state index in [9.17, 15) is 8.78 Å². The van der Waals surface area contributed by atoms with Crippen molar-refractivity contribution in [3.63, 3.8) is 0 Å². The molecule has 0 saturated heterocycles. The van der Waals surface area contributed by atoms with Crippen LogP contribution < -0.4 is 0 Å². The summed E-state index contributed by atoms with van der Waals surface area (Å²) < 4.78 is 26.4. The molecule has 1 aliphatic rings. The highest BCUT2D eigenvalue weighted by Gasteiger charge is 2.19. The molecular formula is C15H10F2. The van der Waals surface area contributed by atoms with E-state index in [1.807, 2.05) is 36.4 Å². The molecule has 0 amide bonds. The molecular weight excluding hydrogens is 218 g/mol. The summed E-state index contributed by atoms with van der Waals surface area (Å²) in [4.78, 5) is 0. The maximum atomic E-state index is 13.2. The van der Waals surface area contributed by atoms with Crippen LogP contribution in [0.2, 0.25) is 0 Å². The fraction of sp³-hybridized carbons (Fsp3) is 0.0667. The molecule has 0 aliphatic heterocycles. The van der Waals surface area contributed by atoms with Gasteiger partial charge in [-0.15, -0.1) is 0 Å². The molecule has 0 bridgehead atoms. The standard InChI is InChI=1S/C15H10F2/c16-12-7-11(8-13(17)9-12)15-6-5-10-3-1-2-4-14(10)15/h1-9,15H. The summed E-state index contributed by atoms with van der Waals surface area (Å²) in [7, 11) is 0. The molecule has 17 heavy (non-hydrogen) atoms. The third-order valence-corrected chi connectivity index (χ3v) is 3.04. The van der Waals surface area contributed by atoms with Gasteiger partial charge in [-0.05, 0) is 28.8 Å². The van der Waals surface area contributed by atoms with Crippen LogP contribution >= 0.6 is 0 Å². The van der Waals surface area contributed by atoms with E-state index in [0.717, 1.165) is 17.2 Å². The van der Waals surface area contributed by atoms with E-state index in [0.29, 0.717) is 5.56 Å². The summed E-state index contributed by atoms with van der Waals surface area (Å²) in [5.41, 5.74) is 2.86. The van der Waals surface area contributed by atoms with Gasteiger partial charge in [-0.1, -0.05) is 36.4 Å². The average Bonchev–Trinajstić information content (AvgIpc) is 2.71. The normalized spacial score (nSPS) is 17.2. The molecule has 0 radical (unpaired) electrons. The van der Waals surface area contributed by atoms with Crippen molar-refractivity contribution in [2.24, 2.45) is 0 Å². The highest BCUT2D eigenvalue weighted by molar-refractivity contribution is 5.65. The number of hydrogen-bond donors (Lipinski definition) is 0. The van der Waals surface area contributed by atoms with Crippen molar-refractivity contribution in [1.29, 1.82) is 0 Å². The molecule has 0 N–H and O–H groups in total. The third kappa shape index (κ3) is 1.76. The highest BCUT2D eigenvalue weighted by atomic mass is 19.1. The second-order valence-corrected chi connectivity index (χ2v) is 4.17. The summed E-state index contributed by atoms with van der Waals surface area (Å²) in [5.74, 6) is -1.10. The van der Waals surface area contributed by atoms with Crippen LogP contribution in [0.25, 0.3) is 6.08 Å².